The van der Waals surface area contributed by atoms with E-state index in [9.17, 15) is 9.90 Å². The van der Waals surface area contributed by atoms with Crippen LogP contribution in [0.4, 0.5) is 0 Å². The highest BCUT2D eigenvalue weighted by Crippen LogP contribution is 2.38. The Balaban J connectivity index is 1.58. The van der Waals surface area contributed by atoms with Crippen molar-refractivity contribution in [3.05, 3.63) is 107 Å². The molecule has 30 heavy (non-hydrogen) atoms. The number of carbonyl (C=O) groups excluding carboxylic acids is 1. The molecule has 1 N–H and O–H groups in total. The number of carbonyl (C=O) groups is 1. The van der Waals surface area contributed by atoms with Crippen LogP contribution >= 0.6 is 15.9 Å². The molecule has 5 aromatic rings. The summed E-state index contributed by atoms with van der Waals surface area (Å²) < 4.78 is 1.07. The number of rotatable bonds is 4. The maximum Gasteiger partial charge on any atom is 0.182 e. The topological polar surface area (TPSA) is 37.3 Å². The van der Waals surface area contributed by atoms with Crippen LogP contribution in [0.5, 0.6) is 0 Å². The molecule has 5 aromatic carbocycles. The zero-order valence-electron chi connectivity index (χ0n) is 16.0. The first-order valence-electron chi connectivity index (χ1n) is 9.66. The van der Waals surface area contributed by atoms with Crippen LogP contribution < -0.4 is 0 Å². The number of benzene rings is 5. The van der Waals surface area contributed by atoms with Gasteiger partial charge in [-0.3, -0.25) is 4.79 Å². The SMILES string of the molecule is O=C(C=Cc1ccc2ccc3c(Br)ccc4ccc1c2c43)C=C(O)c1ccccc1. The van der Waals surface area contributed by atoms with E-state index in [1.165, 1.54) is 39.1 Å². The largest absolute Gasteiger partial charge is 0.507 e. The summed E-state index contributed by atoms with van der Waals surface area (Å²) in [5.74, 6) is -0.296. The van der Waals surface area contributed by atoms with Crippen molar-refractivity contribution < 1.29 is 9.90 Å². The van der Waals surface area contributed by atoms with Gasteiger partial charge in [0.05, 0.1) is 0 Å². The predicted octanol–water partition coefficient (Wildman–Crippen LogP) is 7.53. The molecule has 0 aliphatic carbocycles. The van der Waals surface area contributed by atoms with E-state index in [-0.39, 0.29) is 11.5 Å². The molecule has 0 amide bonds. The van der Waals surface area contributed by atoms with Gasteiger partial charge >= 0.3 is 0 Å². The highest BCUT2D eigenvalue weighted by Gasteiger charge is 2.11. The van der Waals surface area contributed by atoms with E-state index >= 15 is 0 Å². The normalized spacial score (nSPS) is 12.5. The molecule has 0 fully saturated rings. The van der Waals surface area contributed by atoms with Crippen molar-refractivity contribution in [2.24, 2.45) is 0 Å². The third kappa shape index (κ3) is 3.17. The number of hydrogen-bond acceptors (Lipinski definition) is 2. The summed E-state index contributed by atoms with van der Waals surface area (Å²) in [6.07, 6.45) is 4.57. The Morgan fingerprint density at radius 3 is 2.17 bits per heavy atom. The van der Waals surface area contributed by atoms with Crippen molar-refractivity contribution in [3.63, 3.8) is 0 Å². The van der Waals surface area contributed by atoms with Gasteiger partial charge in [-0.05, 0) is 50.0 Å². The molecule has 0 heterocycles. The summed E-state index contributed by atoms with van der Waals surface area (Å²) in [6, 6.07) is 25.9. The summed E-state index contributed by atoms with van der Waals surface area (Å²) in [7, 11) is 0. The molecule has 2 nitrogen and oxygen atoms in total. The lowest BCUT2D eigenvalue weighted by molar-refractivity contribution is -0.110. The fraction of sp³-hybridized carbons (Fsp3) is 0. The molecule has 0 bridgehead atoms. The molecule has 0 unspecified atom stereocenters. The second kappa shape index (κ2) is 7.43. The maximum atomic E-state index is 12.4. The third-order valence-electron chi connectivity index (χ3n) is 5.42. The second-order valence-electron chi connectivity index (χ2n) is 7.26. The summed E-state index contributed by atoms with van der Waals surface area (Å²) in [5.41, 5.74) is 1.59. The molecule has 0 aliphatic rings. The molecule has 0 saturated heterocycles. The standard InChI is InChI=1S/C27H17BrO2/c28-24-15-11-20-9-13-22-17(6-7-19-10-14-23(24)27(20)26(19)22)8-12-21(29)16-25(30)18-4-2-1-3-5-18/h1-16,30H. The molecule has 0 aliphatic heterocycles. The minimum Gasteiger partial charge on any atom is -0.507 e. The van der Waals surface area contributed by atoms with Crippen molar-refractivity contribution in [1.82, 2.24) is 0 Å². The Morgan fingerprint density at radius 2 is 1.40 bits per heavy atom. The Hall–Kier alpha value is -3.43. The average molecular weight is 453 g/mol. The first-order valence-corrected chi connectivity index (χ1v) is 10.5. The van der Waals surface area contributed by atoms with E-state index in [1.54, 1.807) is 12.1 Å². The fourth-order valence-electron chi connectivity index (χ4n) is 3.98. The number of aliphatic hydroxyl groups excluding tert-OH is 1. The second-order valence-corrected chi connectivity index (χ2v) is 8.11. The molecule has 0 radical (unpaired) electrons. The Kier molecular flexibility index (Phi) is 4.61. The van der Waals surface area contributed by atoms with Gasteiger partial charge in [-0.15, -0.1) is 0 Å². The quantitative estimate of drug-likeness (QED) is 0.174. The van der Waals surface area contributed by atoms with Crippen LogP contribution in [0.3, 0.4) is 0 Å². The summed E-state index contributed by atoms with van der Waals surface area (Å²) in [5, 5.41) is 17.2. The Bertz CT molecular complexity index is 1460. The molecular formula is C27H17BrO2. The zero-order valence-corrected chi connectivity index (χ0v) is 17.6. The van der Waals surface area contributed by atoms with E-state index < -0.39 is 0 Å². The smallest absolute Gasteiger partial charge is 0.182 e. The molecule has 0 atom stereocenters. The van der Waals surface area contributed by atoms with Gasteiger partial charge in [0.25, 0.3) is 0 Å². The van der Waals surface area contributed by atoms with Crippen LogP contribution in [0.25, 0.3) is 44.2 Å². The zero-order chi connectivity index (χ0) is 20.7. The van der Waals surface area contributed by atoms with Crippen LogP contribution in [0.2, 0.25) is 0 Å². The van der Waals surface area contributed by atoms with E-state index in [0.717, 1.165) is 15.4 Å². The van der Waals surface area contributed by atoms with Gasteiger partial charge in [-0.2, -0.15) is 0 Å². The maximum absolute atomic E-state index is 12.4. The number of ketones is 1. The van der Waals surface area contributed by atoms with Gasteiger partial charge < -0.3 is 5.11 Å². The molecular weight excluding hydrogens is 436 g/mol. The fourth-order valence-corrected chi connectivity index (χ4v) is 4.44. The molecule has 5 rings (SSSR count). The van der Waals surface area contributed by atoms with Crippen molar-refractivity contribution >= 4 is 65.9 Å². The Morgan fingerprint density at radius 1 is 0.767 bits per heavy atom. The number of allylic oxidation sites excluding steroid dienone is 2. The Labute approximate surface area is 182 Å². The van der Waals surface area contributed by atoms with Crippen LogP contribution in [0, 0.1) is 0 Å². The van der Waals surface area contributed by atoms with Crippen molar-refractivity contribution in [1.29, 1.82) is 0 Å². The minimum absolute atomic E-state index is 0.0366. The van der Waals surface area contributed by atoms with E-state index in [0.29, 0.717) is 5.56 Å². The summed E-state index contributed by atoms with van der Waals surface area (Å²) in [6.45, 7) is 0. The third-order valence-corrected chi connectivity index (χ3v) is 6.11. The van der Waals surface area contributed by atoms with E-state index in [2.05, 4.69) is 58.4 Å². The number of halogens is 1. The summed E-state index contributed by atoms with van der Waals surface area (Å²) in [4.78, 5) is 12.4. The highest BCUT2D eigenvalue weighted by atomic mass is 79.9. The van der Waals surface area contributed by atoms with Crippen molar-refractivity contribution in [3.8, 4) is 0 Å². The monoisotopic (exact) mass is 452 g/mol. The van der Waals surface area contributed by atoms with Gasteiger partial charge in [-0.25, -0.2) is 0 Å². The van der Waals surface area contributed by atoms with Crippen LogP contribution in [0.15, 0.2) is 95.5 Å². The number of hydrogen-bond donors (Lipinski definition) is 1. The molecule has 0 saturated carbocycles. The molecule has 144 valence electrons. The van der Waals surface area contributed by atoms with Gasteiger partial charge in [0, 0.05) is 16.1 Å². The van der Waals surface area contributed by atoms with E-state index in [4.69, 9.17) is 0 Å². The van der Waals surface area contributed by atoms with Crippen LogP contribution in [-0.4, -0.2) is 10.9 Å². The van der Waals surface area contributed by atoms with Gasteiger partial charge in [-0.1, -0.05) is 94.8 Å². The van der Waals surface area contributed by atoms with Crippen molar-refractivity contribution in [2.75, 3.05) is 0 Å². The van der Waals surface area contributed by atoms with Crippen LogP contribution in [0.1, 0.15) is 11.1 Å². The van der Waals surface area contributed by atoms with Gasteiger partial charge in [0.15, 0.2) is 5.78 Å². The highest BCUT2D eigenvalue weighted by molar-refractivity contribution is 9.10. The number of aliphatic hydroxyl groups is 1. The predicted molar refractivity (Wildman–Crippen MR) is 129 cm³/mol. The van der Waals surface area contributed by atoms with E-state index in [1.807, 2.05) is 30.3 Å². The van der Waals surface area contributed by atoms with Crippen molar-refractivity contribution in [2.45, 2.75) is 0 Å². The molecule has 0 aromatic heterocycles. The lowest BCUT2D eigenvalue weighted by atomic mass is 9.92. The lowest BCUT2D eigenvalue weighted by Crippen LogP contribution is -1.91. The minimum atomic E-state index is -0.259. The van der Waals surface area contributed by atoms with Gasteiger partial charge in [0.2, 0.25) is 0 Å². The first-order chi connectivity index (χ1) is 14.6. The summed E-state index contributed by atoms with van der Waals surface area (Å²) >= 11 is 3.66. The molecule has 3 heteroatoms. The van der Waals surface area contributed by atoms with Gasteiger partial charge in [0.1, 0.15) is 5.76 Å². The molecule has 0 spiro atoms. The first kappa shape index (κ1) is 18.6. The average Bonchev–Trinajstić information content (AvgIpc) is 2.78. The van der Waals surface area contributed by atoms with Crippen LogP contribution in [-0.2, 0) is 4.79 Å². The lowest BCUT2D eigenvalue weighted by Gasteiger charge is -2.13.